The molecule has 0 aromatic heterocycles. The molecule has 0 aliphatic carbocycles. The molecule has 0 unspecified atom stereocenters. The summed E-state index contributed by atoms with van der Waals surface area (Å²) in [5.41, 5.74) is 3.41. The molecule has 194 valence electrons. The lowest BCUT2D eigenvalue weighted by atomic mass is 10.0. The second-order valence-electron chi connectivity index (χ2n) is 9.01. The predicted molar refractivity (Wildman–Crippen MR) is 147 cm³/mol. The Kier molecular flexibility index (Phi) is 9.65. The highest BCUT2D eigenvalue weighted by Crippen LogP contribution is 2.19. The number of aliphatic hydroxyl groups excluding tert-OH is 1. The SMILES string of the molecule is O=C(N[C@@H](CO)c1ccccc1)[C@H](Cc1ccccc1)N(Cc1ccccc1)C(=O)OCc1ccccc1. The fourth-order valence-electron chi connectivity index (χ4n) is 4.25. The normalized spacial score (nSPS) is 12.2. The molecule has 2 atom stereocenters. The van der Waals surface area contributed by atoms with E-state index in [2.05, 4.69) is 5.32 Å². The molecule has 4 aromatic carbocycles. The molecule has 0 spiro atoms. The smallest absolute Gasteiger partial charge is 0.411 e. The third-order valence-corrected chi connectivity index (χ3v) is 6.29. The summed E-state index contributed by atoms with van der Waals surface area (Å²) in [6, 6.07) is 36.3. The zero-order chi connectivity index (χ0) is 26.6. The van der Waals surface area contributed by atoms with Crippen molar-refractivity contribution >= 4 is 12.0 Å². The Balaban J connectivity index is 1.63. The third-order valence-electron chi connectivity index (χ3n) is 6.29. The zero-order valence-corrected chi connectivity index (χ0v) is 21.1. The largest absolute Gasteiger partial charge is 0.445 e. The number of hydrogen-bond acceptors (Lipinski definition) is 4. The van der Waals surface area contributed by atoms with Crippen molar-refractivity contribution in [3.05, 3.63) is 144 Å². The number of ether oxygens (including phenoxy) is 1. The Morgan fingerprint density at radius 2 is 1.21 bits per heavy atom. The standard InChI is InChI=1S/C32H32N2O4/c35-23-29(28-19-11-4-12-20-28)33-31(36)30(21-25-13-5-1-6-14-25)34(22-26-15-7-2-8-16-26)32(37)38-24-27-17-9-3-10-18-27/h1-20,29-30,35H,21-24H2,(H,33,36)/t29-,30-/m0/s1. The zero-order valence-electron chi connectivity index (χ0n) is 21.1. The van der Waals surface area contributed by atoms with Gasteiger partial charge in [0, 0.05) is 13.0 Å². The number of rotatable bonds is 11. The molecule has 4 rings (SSSR count). The van der Waals surface area contributed by atoms with Crippen molar-refractivity contribution < 1.29 is 19.4 Å². The summed E-state index contributed by atoms with van der Waals surface area (Å²) in [5, 5.41) is 13.0. The van der Waals surface area contributed by atoms with Crippen molar-refractivity contribution in [2.24, 2.45) is 0 Å². The van der Waals surface area contributed by atoms with Gasteiger partial charge in [-0.1, -0.05) is 121 Å². The van der Waals surface area contributed by atoms with Gasteiger partial charge in [-0.25, -0.2) is 4.79 Å². The van der Waals surface area contributed by atoms with Crippen LogP contribution in [-0.4, -0.2) is 34.7 Å². The van der Waals surface area contributed by atoms with E-state index in [1.54, 1.807) is 0 Å². The Hall–Kier alpha value is -4.42. The second kappa shape index (κ2) is 13.8. The molecule has 6 nitrogen and oxygen atoms in total. The van der Waals surface area contributed by atoms with Crippen LogP contribution in [0, 0.1) is 0 Å². The van der Waals surface area contributed by atoms with Crippen LogP contribution in [0.5, 0.6) is 0 Å². The summed E-state index contributed by atoms with van der Waals surface area (Å²) in [5.74, 6) is -0.371. The molecule has 0 radical (unpaired) electrons. The van der Waals surface area contributed by atoms with Gasteiger partial charge in [-0.05, 0) is 22.3 Å². The van der Waals surface area contributed by atoms with Gasteiger partial charge in [0.2, 0.25) is 5.91 Å². The van der Waals surface area contributed by atoms with Gasteiger partial charge >= 0.3 is 6.09 Å². The number of amides is 2. The molecule has 2 N–H and O–H groups in total. The maximum atomic E-state index is 13.8. The highest BCUT2D eigenvalue weighted by atomic mass is 16.6. The van der Waals surface area contributed by atoms with E-state index >= 15 is 0 Å². The van der Waals surface area contributed by atoms with Gasteiger partial charge in [-0.3, -0.25) is 9.69 Å². The summed E-state index contributed by atoms with van der Waals surface area (Å²) in [4.78, 5) is 28.9. The molecule has 0 fully saturated rings. The van der Waals surface area contributed by atoms with Crippen LogP contribution in [0.25, 0.3) is 0 Å². The molecule has 0 saturated heterocycles. The lowest BCUT2D eigenvalue weighted by molar-refractivity contribution is -0.127. The van der Waals surface area contributed by atoms with Crippen LogP contribution in [0.4, 0.5) is 4.79 Å². The lowest BCUT2D eigenvalue weighted by Gasteiger charge is -2.32. The van der Waals surface area contributed by atoms with Crippen LogP contribution < -0.4 is 5.32 Å². The van der Waals surface area contributed by atoms with E-state index in [0.717, 1.165) is 22.3 Å². The minimum absolute atomic E-state index is 0.0912. The van der Waals surface area contributed by atoms with Crippen LogP contribution in [0.3, 0.4) is 0 Å². The number of carbonyl (C=O) groups is 2. The van der Waals surface area contributed by atoms with E-state index in [9.17, 15) is 14.7 Å². The number of nitrogens with one attached hydrogen (secondary N) is 1. The molecule has 0 aliphatic rings. The summed E-state index contributed by atoms with van der Waals surface area (Å²) in [6.45, 7) is 0.00732. The van der Waals surface area contributed by atoms with Gasteiger partial charge in [0.25, 0.3) is 0 Å². The van der Waals surface area contributed by atoms with Crippen molar-refractivity contribution in [2.45, 2.75) is 31.7 Å². The topological polar surface area (TPSA) is 78.9 Å². The predicted octanol–water partition coefficient (Wildman–Crippen LogP) is 5.29. The first kappa shape index (κ1) is 26.6. The molecule has 6 heteroatoms. The monoisotopic (exact) mass is 508 g/mol. The number of hydrogen-bond donors (Lipinski definition) is 2. The van der Waals surface area contributed by atoms with Crippen LogP contribution in [0.1, 0.15) is 28.3 Å². The lowest BCUT2D eigenvalue weighted by Crippen LogP contribution is -2.51. The molecule has 0 heterocycles. The van der Waals surface area contributed by atoms with Crippen LogP contribution in [0.2, 0.25) is 0 Å². The van der Waals surface area contributed by atoms with Gasteiger partial charge in [-0.2, -0.15) is 0 Å². The van der Waals surface area contributed by atoms with E-state index < -0.39 is 18.2 Å². The van der Waals surface area contributed by atoms with E-state index in [0.29, 0.717) is 0 Å². The van der Waals surface area contributed by atoms with Crippen molar-refractivity contribution in [1.82, 2.24) is 10.2 Å². The quantitative estimate of drug-likeness (QED) is 0.289. The highest BCUT2D eigenvalue weighted by molar-refractivity contribution is 5.86. The molecular weight excluding hydrogens is 476 g/mol. The van der Waals surface area contributed by atoms with Gasteiger partial charge in [0.05, 0.1) is 12.6 Å². The first-order valence-corrected chi connectivity index (χ1v) is 12.7. The van der Waals surface area contributed by atoms with Gasteiger partial charge in [-0.15, -0.1) is 0 Å². The Morgan fingerprint density at radius 1 is 0.711 bits per heavy atom. The van der Waals surface area contributed by atoms with Crippen molar-refractivity contribution in [2.75, 3.05) is 6.61 Å². The summed E-state index contributed by atoms with van der Waals surface area (Å²) in [6.07, 6.45) is -0.304. The third kappa shape index (κ3) is 7.54. The molecule has 4 aromatic rings. The van der Waals surface area contributed by atoms with E-state index in [1.165, 1.54) is 4.90 Å². The Labute approximate surface area is 223 Å². The minimum atomic E-state index is -0.876. The van der Waals surface area contributed by atoms with Crippen molar-refractivity contribution in [3.63, 3.8) is 0 Å². The molecule has 2 amide bonds. The summed E-state index contributed by atoms with van der Waals surface area (Å²) >= 11 is 0. The van der Waals surface area contributed by atoms with Crippen LogP contribution in [-0.2, 0) is 29.1 Å². The van der Waals surface area contributed by atoms with E-state index in [1.807, 2.05) is 121 Å². The fourth-order valence-corrected chi connectivity index (χ4v) is 4.25. The second-order valence-corrected chi connectivity index (χ2v) is 9.01. The van der Waals surface area contributed by atoms with Crippen LogP contribution in [0.15, 0.2) is 121 Å². The maximum Gasteiger partial charge on any atom is 0.411 e. The number of carbonyl (C=O) groups excluding carboxylic acids is 2. The Morgan fingerprint density at radius 3 is 1.76 bits per heavy atom. The van der Waals surface area contributed by atoms with Crippen LogP contribution >= 0.6 is 0 Å². The summed E-state index contributed by atoms with van der Waals surface area (Å²) in [7, 11) is 0. The first-order chi connectivity index (χ1) is 18.6. The van der Waals surface area contributed by atoms with Gasteiger partial charge < -0.3 is 15.2 Å². The fraction of sp³-hybridized carbons (Fsp3) is 0.188. The van der Waals surface area contributed by atoms with Gasteiger partial charge in [0.15, 0.2) is 0 Å². The molecule has 0 saturated carbocycles. The molecule has 0 bridgehead atoms. The minimum Gasteiger partial charge on any atom is -0.445 e. The van der Waals surface area contributed by atoms with E-state index in [4.69, 9.17) is 4.74 Å². The number of nitrogens with zero attached hydrogens (tertiary/aromatic N) is 1. The number of aliphatic hydroxyl groups is 1. The molecule has 0 aliphatic heterocycles. The Bertz CT molecular complexity index is 1270. The first-order valence-electron chi connectivity index (χ1n) is 12.7. The highest BCUT2D eigenvalue weighted by Gasteiger charge is 2.33. The van der Waals surface area contributed by atoms with E-state index in [-0.39, 0.29) is 32.1 Å². The van der Waals surface area contributed by atoms with Crippen molar-refractivity contribution in [1.29, 1.82) is 0 Å². The summed E-state index contributed by atoms with van der Waals surface area (Å²) < 4.78 is 5.70. The molecule has 38 heavy (non-hydrogen) atoms. The number of benzene rings is 4. The average Bonchev–Trinajstić information content (AvgIpc) is 2.98. The van der Waals surface area contributed by atoms with Gasteiger partial charge in [0.1, 0.15) is 12.6 Å². The molecular formula is C32H32N2O4. The van der Waals surface area contributed by atoms with Crippen molar-refractivity contribution in [3.8, 4) is 0 Å². The maximum absolute atomic E-state index is 13.8. The average molecular weight is 509 g/mol.